The molecule has 1 atom stereocenters. The van der Waals surface area contributed by atoms with Gasteiger partial charge in [0.05, 0.1) is 19.8 Å². The zero-order chi connectivity index (χ0) is 8.73. The number of hydrogen-bond donors (Lipinski definition) is 1. The molecule has 3 aliphatic rings. The van der Waals surface area contributed by atoms with Gasteiger partial charge in [-0.25, -0.2) is 0 Å². The Morgan fingerprint density at radius 3 is 2.62 bits per heavy atom. The summed E-state index contributed by atoms with van der Waals surface area (Å²) in [5.41, 5.74) is 0.0589. The molecule has 3 nitrogen and oxygen atoms in total. The number of morpholine rings is 1. The number of ether oxygens (including phenoxy) is 2. The highest BCUT2D eigenvalue weighted by Crippen LogP contribution is 2.39. The van der Waals surface area contributed by atoms with Crippen LogP contribution < -0.4 is 5.32 Å². The van der Waals surface area contributed by atoms with Gasteiger partial charge < -0.3 is 14.8 Å². The van der Waals surface area contributed by atoms with Gasteiger partial charge >= 0.3 is 0 Å². The minimum Gasteiger partial charge on any atom is -0.375 e. The molecular formula is C10H17NO2. The summed E-state index contributed by atoms with van der Waals surface area (Å²) in [4.78, 5) is 0. The lowest BCUT2D eigenvalue weighted by molar-refractivity contribution is -0.247. The van der Waals surface area contributed by atoms with Crippen LogP contribution in [0.1, 0.15) is 19.3 Å². The Morgan fingerprint density at radius 2 is 2.08 bits per heavy atom. The average Bonchev–Trinajstić information content (AvgIpc) is 1.99. The first-order chi connectivity index (χ1) is 6.41. The quantitative estimate of drug-likeness (QED) is 0.643. The summed E-state index contributed by atoms with van der Waals surface area (Å²) >= 11 is 0. The third-order valence-electron chi connectivity index (χ3n) is 3.74. The number of nitrogens with one attached hydrogen (secondary N) is 1. The zero-order valence-electron chi connectivity index (χ0n) is 7.92. The molecule has 1 aliphatic carbocycles. The minimum atomic E-state index is 0.0589. The Bertz CT molecular complexity index is 199. The summed E-state index contributed by atoms with van der Waals surface area (Å²) in [7, 11) is 0. The summed E-state index contributed by atoms with van der Waals surface area (Å²) < 4.78 is 11.2. The van der Waals surface area contributed by atoms with Crippen LogP contribution in [-0.4, -0.2) is 38.0 Å². The Labute approximate surface area is 78.8 Å². The normalized spacial score (nSPS) is 38.3. The van der Waals surface area contributed by atoms with E-state index in [9.17, 15) is 0 Å². The maximum Gasteiger partial charge on any atom is 0.130 e. The van der Waals surface area contributed by atoms with E-state index in [0.29, 0.717) is 6.04 Å². The van der Waals surface area contributed by atoms with Crippen LogP contribution in [0.15, 0.2) is 0 Å². The van der Waals surface area contributed by atoms with Gasteiger partial charge in [-0.05, 0) is 18.8 Å². The van der Waals surface area contributed by atoms with Crippen molar-refractivity contribution in [3.63, 3.8) is 0 Å². The predicted octanol–water partition coefficient (Wildman–Crippen LogP) is 0.544. The van der Waals surface area contributed by atoms with Gasteiger partial charge in [0.2, 0.25) is 0 Å². The average molecular weight is 183 g/mol. The zero-order valence-corrected chi connectivity index (χ0v) is 7.92. The van der Waals surface area contributed by atoms with Gasteiger partial charge in [-0.15, -0.1) is 0 Å². The Hall–Kier alpha value is -0.120. The van der Waals surface area contributed by atoms with Crippen molar-refractivity contribution in [1.29, 1.82) is 0 Å². The lowest BCUT2D eigenvalue weighted by atomic mass is 9.71. The van der Waals surface area contributed by atoms with Crippen molar-refractivity contribution in [1.82, 2.24) is 5.32 Å². The lowest BCUT2D eigenvalue weighted by Crippen LogP contribution is -2.70. The van der Waals surface area contributed by atoms with Crippen molar-refractivity contribution in [2.45, 2.75) is 30.9 Å². The highest BCUT2D eigenvalue weighted by Gasteiger charge is 2.52. The van der Waals surface area contributed by atoms with Crippen LogP contribution in [0.4, 0.5) is 0 Å². The van der Waals surface area contributed by atoms with Gasteiger partial charge in [0.25, 0.3) is 0 Å². The molecule has 0 aromatic heterocycles. The second-order valence-electron chi connectivity index (χ2n) is 4.53. The van der Waals surface area contributed by atoms with E-state index in [2.05, 4.69) is 5.32 Å². The number of hydrogen-bond acceptors (Lipinski definition) is 3. The van der Waals surface area contributed by atoms with Crippen molar-refractivity contribution in [3.05, 3.63) is 0 Å². The third-order valence-corrected chi connectivity index (χ3v) is 3.74. The Morgan fingerprint density at radius 1 is 1.23 bits per heavy atom. The summed E-state index contributed by atoms with van der Waals surface area (Å²) in [5.74, 6) is 0.851. The summed E-state index contributed by atoms with van der Waals surface area (Å²) in [6.07, 6.45) is 4.16. The number of rotatable bonds is 1. The SMILES string of the molecule is C1CC(C2NCCOC23COC3)C1. The standard InChI is InChI=1S/C10H17NO2/c1-2-8(3-1)9-10(6-12-7-10)13-5-4-11-9/h8-9,11H,1-7H2. The van der Waals surface area contributed by atoms with E-state index in [4.69, 9.17) is 9.47 Å². The first-order valence-electron chi connectivity index (χ1n) is 5.36. The molecule has 74 valence electrons. The molecule has 2 saturated heterocycles. The Balaban J connectivity index is 1.73. The fraction of sp³-hybridized carbons (Fsp3) is 1.00. The second-order valence-corrected chi connectivity index (χ2v) is 4.53. The van der Waals surface area contributed by atoms with Crippen LogP contribution in [0.3, 0.4) is 0 Å². The molecule has 3 fully saturated rings. The first kappa shape index (κ1) is 8.21. The third kappa shape index (κ3) is 1.14. The van der Waals surface area contributed by atoms with E-state index in [1.54, 1.807) is 0 Å². The molecule has 0 radical (unpaired) electrons. The minimum absolute atomic E-state index is 0.0589. The van der Waals surface area contributed by atoms with Gasteiger partial charge in [0.15, 0.2) is 0 Å². The van der Waals surface area contributed by atoms with Gasteiger partial charge in [0, 0.05) is 12.6 Å². The molecule has 3 heteroatoms. The Kier molecular flexibility index (Phi) is 1.86. The van der Waals surface area contributed by atoms with E-state index in [0.717, 1.165) is 32.3 Å². The van der Waals surface area contributed by atoms with Crippen LogP contribution in [0, 0.1) is 5.92 Å². The van der Waals surface area contributed by atoms with Crippen molar-refractivity contribution in [3.8, 4) is 0 Å². The maximum absolute atomic E-state index is 5.88. The van der Waals surface area contributed by atoms with Crippen LogP contribution in [0.5, 0.6) is 0 Å². The molecule has 2 heterocycles. The van der Waals surface area contributed by atoms with E-state index < -0.39 is 0 Å². The predicted molar refractivity (Wildman–Crippen MR) is 48.6 cm³/mol. The van der Waals surface area contributed by atoms with E-state index in [-0.39, 0.29) is 5.60 Å². The molecule has 0 amide bonds. The molecule has 13 heavy (non-hydrogen) atoms. The summed E-state index contributed by atoms with van der Waals surface area (Å²) in [6.45, 7) is 3.48. The molecule has 1 spiro atoms. The van der Waals surface area contributed by atoms with Crippen LogP contribution in [0.2, 0.25) is 0 Å². The van der Waals surface area contributed by atoms with Crippen molar-refractivity contribution >= 4 is 0 Å². The lowest BCUT2D eigenvalue weighted by Gasteiger charge is -2.54. The fourth-order valence-corrected chi connectivity index (χ4v) is 2.68. The first-order valence-corrected chi connectivity index (χ1v) is 5.36. The van der Waals surface area contributed by atoms with Gasteiger partial charge in [0.1, 0.15) is 5.60 Å². The second kappa shape index (κ2) is 2.94. The largest absolute Gasteiger partial charge is 0.375 e. The van der Waals surface area contributed by atoms with Crippen LogP contribution >= 0.6 is 0 Å². The topological polar surface area (TPSA) is 30.5 Å². The molecule has 0 aromatic carbocycles. The molecule has 1 N–H and O–H groups in total. The highest BCUT2D eigenvalue weighted by molar-refractivity contribution is 5.05. The van der Waals surface area contributed by atoms with E-state index >= 15 is 0 Å². The van der Waals surface area contributed by atoms with Crippen molar-refractivity contribution < 1.29 is 9.47 Å². The molecular weight excluding hydrogens is 166 g/mol. The maximum atomic E-state index is 5.88. The molecule has 2 aliphatic heterocycles. The van der Waals surface area contributed by atoms with Gasteiger partial charge in [-0.2, -0.15) is 0 Å². The molecule has 1 unspecified atom stereocenters. The molecule has 1 saturated carbocycles. The van der Waals surface area contributed by atoms with E-state index in [1.165, 1.54) is 19.3 Å². The highest BCUT2D eigenvalue weighted by atomic mass is 16.6. The van der Waals surface area contributed by atoms with Crippen molar-refractivity contribution in [2.75, 3.05) is 26.4 Å². The smallest absolute Gasteiger partial charge is 0.130 e. The summed E-state index contributed by atoms with van der Waals surface area (Å²) in [5, 5.41) is 3.61. The molecule has 3 rings (SSSR count). The van der Waals surface area contributed by atoms with Crippen LogP contribution in [0.25, 0.3) is 0 Å². The van der Waals surface area contributed by atoms with E-state index in [1.807, 2.05) is 0 Å². The van der Waals surface area contributed by atoms with Gasteiger partial charge in [-0.3, -0.25) is 0 Å². The monoisotopic (exact) mass is 183 g/mol. The molecule has 0 bridgehead atoms. The van der Waals surface area contributed by atoms with Gasteiger partial charge in [-0.1, -0.05) is 6.42 Å². The van der Waals surface area contributed by atoms with Crippen molar-refractivity contribution in [2.24, 2.45) is 5.92 Å². The summed E-state index contributed by atoms with van der Waals surface area (Å²) in [6, 6.07) is 0.573. The fourth-order valence-electron chi connectivity index (χ4n) is 2.68. The molecule has 0 aromatic rings. The van der Waals surface area contributed by atoms with Crippen LogP contribution in [-0.2, 0) is 9.47 Å².